The lowest BCUT2D eigenvalue weighted by Gasteiger charge is -2.38. The average Bonchev–Trinajstić information content (AvgIpc) is 3.40. The van der Waals surface area contributed by atoms with Gasteiger partial charge in [0, 0.05) is 49.7 Å². The highest BCUT2D eigenvalue weighted by molar-refractivity contribution is 7.90. The number of carbonyl (C=O) groups excluding carboxylic acids is 2. The SMILES string of the molecule is CS(=O)(=O)c1ccccc1N1CCN(C(=O)[C@H](NC(=O)c2ccc3cc[nH]c3c2)c2ccc(O)cc2)CC1. The van der Waals surface area contributed by atoms with Crippen LogP contribution in [0.1, 0.15) is 22.0 Å². The zero-order chi connectivity index (χ0) is 26.9. The average molecular weight is 533 g/mol. The number of hydrogen-bond donors (Lipinski definition) is 3. The number of H-pyrrole nitrogens is 1. The van der Waals surface area contributed by atoms with Crippen LogP contribution in [0.4, 0.5) is 5.69 Å². The second-order valence-electron chi connectivity index (χ2n) is 9.33. The largest absolute Gasteiger partial charge is 0.508 e. The summed E-state index contributed by atoms with van der Waals surface area (Å²) in [5.74, 6) is -0.615. The van der Waals surface area contributed by atoms with E-state index in [1.165, 1.54) is 18.4 Å². The number of carbonyl (C=O) groups is 2. The van der Waals surface area contributed by atoms with Crippen molar-refractivity contribution < 1.29 is 23.1 Å². The van der Waals surface area contributed by atoms with E-state index in [0.29, 0.717) is 43.0 Å². The van der Waals surface area contributed by atoms with Crippen LogP contribution in [0.2, 0.25) is 0 Å². The number of anilines is 1. The smallest absolute Gasteiger partial charge is 0.252 e. The van der Waals surface area contributed by atoms with Crippen LogP contribution >= 0.6 is 0 Å². The molecule has 5 rings (SSSR count). The van der Waals surface area contributed by atoms with Gasteiger partial charge in [0.05, 0.1) is 10.6 Å². The van der Waals surface area contributed by atoms with Crippen molar-refractivity contribution in [3.05, 3.63) is 90.1 Å². The minimum atomic E-state index is -3.41. The number of nitrogens with one attached hydrogen (secondary N) is 2. The lowest BCUT2D eigenvalue weighted by atomic mass is 10.0. The third kappa shape index (κ3) is 5.21. The van der Waals surface area contributed by atoms with E-state index < -0.39 is 21.8 Å². The third-order valence-electron chi connectivity index (χ3n) is 6.76. The number of nitrogens with zero attached hydrogens (tertiary/aromatic N) is 2. The molecule has 0 bridgehead atoms. The summed E-state index contributed by atoms with van der Waals surface area (Å²) in [6, 6.07) is 19.3. The Labute approximate surface area is 220 Å². The van der Waals surface area contributed by atoms with E-state index in [-0.39, 0.29) is 16.6 Å². The number of rotatable bonds is 6. The van der Waals surface area contributed by atoms with Gasteiger partial charge in [0.2, 0.25) is 5.91 Å². The summed E-state index contributed by atoms with van der Waals surface area (Å²) in [5.41, 5.74) is 2.39. The van der Waals surface area contributed by atoms with Gasteiger partial charge in [-0.3, -0.25) is 9.59 Å². The summed E-state index contributed by atoms with van der Waals surface area (Å²) in [6.45, 7) is 1.60. The minimum absolute atomic E-state index is 0.0571. The fraction of sp³-hybridized carbons (Fsp3) is 0.214. The molecule has 1 saturated heterocycles. The number of piperazine rings is 1. The number of benzene rings is 3. The Hall–Kier alpha value is -4.31. The number of aromatic hydroxyl groups is 1. The molecule has 1 aliphatic heterocycles. The zero-order valence-electron chi connectivity index (χ0n) is 20.8. The quantitative estimate of drug-likeness (QED) is 0.351. The predicted octanol–water partition coefficient (Wildman–Crippen LogP) is 3.10. The van der Waals surface area contributed by atoms with Gasteiger partial charge in [0.1, 0.15) is 11.8 Å². The Morgan fingerprint density at radius 3 is 2.37 bits per heavy atom. The molecule has 9 nitrogen and oxygen atoms in total. The van der Waals surface area contributed by atoms with Gasteiger partial charge in [-0.1, -0.05) is 30.3 Å². The van der Waals surface area contributed by atoms with Gasteiger partial charge in [-0.05, 0) is 53.4 Å². The van der Waals surface area contributed by atoms with E-state index in [2.05, 4.69) is 10.3 Å². The van der Waals surface area contributed by atoms with Crippen LogP contribution < -0.4 is 10.2 Å². The Balaban J connectivity index is 1.35. The van der Waals surface area contributed by atoms with Gasteiger partial charge < -0.3 is 25.2 Å². The lowest BCUT2D eigenvalue weighted by Crippen LogP contribution is -2.52. The van der Waals surface area contributed by atoms with E-state index in [1.807, 2.05) is 17.0 Å². The number of aromatic amines is 1. The first-order valence-electron chi connectivity index (χ1n) is 12.2. The fourth-order valence-corrected chi connectivity index (χ4v) is 5.64. The minimum Gasteiger partial charge on any atom is -0.508 e. The molecule has 4 aromatic rings. The van der Waals surface area contributed by atoms with Crippen molar-refractivity contribution in [3.8, 4) is 5.75 Å². The molecule has 10 heteroatoms. The van der Waals surface area contributed by atoms with Gasteiger partial charge in [-0.25, -0.2) is 8.42 Å². The van der Waals surface area contributed by atoms with Crippen molar-refractivity contribution in [2.45, 2.75) is 10.9 Å². The summed E-state index contributed by atoms with van der Waals surface area (Å²) in [7, 11) is -3.41. The van der Waals surface area contributed by atoms with Crippen LogP contribution in [-0.2, 0) is 14.6 Å². The number of phenols is 1. The molecule has 1 fully saturated rings. The van der Waals surface area contributed by atoms with E-state index in [9.17, 15) is 23.1 Å². The number of hydrogen-bond acceptors (Lipinski definition) is 6. The van der Waals surface area contributed by atoms with Crippen LogP contribution in [0.25, 0.3) is 10.9 Å². The summed E-state index contributed by atoms with van der Waals surface area (Å²) in [4.78, 5) is 33.9. The maximum atomic E-state index is 13.7. The maximum Gasteiger partial charge on any atom is 0.252 e. The Bertz CT molecular complexity index is 1590. The second kappa shape index (κ2) is 10.2. The molecule has 0 spiro atoms. The molecule has 1 aromatic heterocycles. The fourth-order valence-electron chi connectivity index (χ4n) is 4.74. The van der Waals surface area contributed by atoms with Crippen LogP contribution in [0, 0.1) is 0 Å². The van der Waals surface area contributed by atoms with Crippen molar-refractivity contribution in [1.29, 1.82) is 0 Å². The van der Waals surface area contributed by atoms with Gasteiger partial charge in [-0.15, -0.1) is 0 Å². The van der Waals surface area contributed by atoms with Crippen molar-refractivity contribution in [3.63, 3.8) is 0 Å². The van der Waals surface area contributed by atoms with E-state index in [4.69, 9.17) is 0 Å². The van der Waals surface area contributed by atoms with Crippen molar-refractivity contribution in [2.75, 3.05) is 37.3 Å². The van der Waals surface area contributed by atoms with Crippen molar-refractivity contribution in [2.24, 2.45) is 0 Å². The molecule has 0 aliphatic carbocycles. The van der Waals surface area contributed by atoms with Gasteiger partial charge >= 0.3 is 0 Å². The second-order valence-corrected chi connectivity index (χ2v) is 11.3. The van der Waals surface area contributed by atoms with Crippen LogP contribution in [0.15, 0.2) is 83.9 Å². The lowest BCUT2D eigenvalue weighted by molar-refractivity contribution is -0.133. The number of fused-ring (bicyclic) bond motifs is 1. The van der Waals surface area contributed by atoms with Crippen molar-refractivity contribution in [1.82, 2.24) is 15.2 Å². The summed E-state index contributed by atoms with van der Waals surface area (Å²) in [6.07, 6.45) is 2.98. The van der Waals surface area contributed by atoms with Crippen LogP contribution in [-0.4, -0.2) is 67.7 Å². The Morgan fingerprint density at radius 2 is 1.66 bits per heavy atom. The molecule has 0 radical (unpaired) electrons. The normalized spacial score (nSPS) is 14.9. The molecular weight excluding hydrogens is 504 g/mol. The highest BCUT2D eigenvalue weighted by Crippen LogP contribution is 2.27. The molecule has 0 saturated carbocycles. The van der Waals surface area contributed by atoms with Crippen LogP contribution in [0.3, 0.4) is 0 Å². The maximum absolute atomic E-state index is 13.7. The molecule has 0 unspecified atom stereocenters. The molecule has 1 aliphatic rings. The van der Waals surface area contributed by atoms with E-state index in [1.54, 1.807) is 59.6 Å². The summed E-state index contributed by atoms with van der Waals surface area (Å²) in [5, 5.41) is 13.6. The zero-order valence-corrected chi connectivity index (χ0v) is 21.6. The van der Waals surface area contributed by atoms with Gasteiger partial charge in [-0.2, -0.15) is 0 Å². The first-order valence-corrected chi connectivity index (χ1v) is 14.1. The van der Waals surface area contributed by atoms with Crippen LogP contribution in [0.5, 0.6) is 5.75 Å². The first-order chi connectivity index (χ1) is 18.2. The Kier molecular flexibility index (Phi) is 6.81. The number of sulfone groups is 1. The van der Waals surface area contributed by atoms with E-state index >= 15 is 0 Å². The summed E-state index contributed by atoms with van der Waals surface area (Å²) >= 11 is 0. The molecule has 3 aromatic carbocycles. The monoisotopic (exact) mass is 532 g/mol. The standard InChI is InChI=1S/C28H28N4O5S/c1-38(36,37)25-5-3-2-4-24(25)31-14-16-32(17-15-31)28(35)26(20-8-10-22(33)11-9-20)30-27(34)21-7-6-19-12-13-29-23(19)18-21/h2-13,18,26,29,33H,14-17H2,1H3,(H,30,34)/t26-/m1/s1. The number of amides is 2. The van der Waals surface area contributed by atoms with Gasteiger partial charge in [0.25, 0.3) is 5.91 Å². The molecule has 196 valence electrons. The predicted molar refractivity (Wildman–Crippen MR) is 145 cm³/mol. The number of para-hydroxylation sites is 1. The van der Waals surface area contributed by atoms with Gasteiger partial charge in [0.15, 0.2) is 9.84 Å². The Morgan fingerprint density at radius 1 is 0.947 bits per heavy atom. The third-order valence-corrected chi connectivity index (χ3v) is 7.91. The molecule has 2 amide bonds. The highest BCUT2D eigenvalue weighted by atomic mass is 32.2. The molecule has 2 heterocycles. The summed E-state index contributed by atoms with van der Waals surface area (Å²) < 4.78 is 24.5. The highest BCUT2D eigenvalue weighted by Gasteiger charge is 2.31. The van der Waals surface area contributed by atoms with E-state index in [0.717, 1.165) is 10.9 Å². The molecule has 1 atom stereocenters. The molecule has 38 heavy (non-hydrogen) atoms. The van der Waals surface area contributed by atoms with Crippen molar-refractivity contribution >= 4 is 38.2 Å². The number of aromatic nitrogens is 1. The number of phenolic OH excluding ortho intramolecular Hbond substituents is 1. The first kappa shape index (κ1) is 25.3. The molecular formula is C28H28N4O5S. The molecule has 3 N–H and O–H groups in total. The topological polar surface area (TPSA) is 123 Å².